The van der Waals surface area contributed by atoms with Gasteiger partial charge in [0.15, 0.2) is 5.13 Å². The molecule has 0 radical (unpaired) electrons. The summed E-state index contributed by atoms with van der Waals surface area (Å²) in [5, 5.41) is 7.76. The van der Waals surface area contributed by atoms with E-state index >= 15 is 0 Å². The summed E-state index contributed by atoms with van der Waals surface area (Å²) < 4.78 is 4.87. The number of benzene rings is 1. The highest BCUT2D eigenvalue weighted by atomic mass is 32.1. The lowest BCUT2D eigenvalue weighted by Crippen LogP contribution is -2.41. The summed E-state index contributed by atoms with van der Waals surface area (Å²) in [5.41, 5.74) is 3.51. The van der Waals surface area contributed by atoms with E-state index in [0.29, 0.717) is 10.7 Å². The number of nitrogens with zero attached hydrogens (tertiary/aromatic N) is 1. The van der Waals surface area contributed by atoms with E-state index in [1.807, 2.05) is 17.5 Å². The smallest absolute Gasteiger partial charge is 0.255 e. The Bertz CT molecular complexity index is 954. The summed E-state index contributed by atoms with van der Waals surface area (Å²) in [6.07, 6.45) is 2.74. The van der Waals surface area contributed by atoms with Gasteiger partial charge in [-0.25, -0.2) is 4.98 Å². The number of aromatic nitrogens is 1. The van der Waals surface area contributed by atoms with Crippen LogP contribution >= 0.6 is 11.3 Å². The summed E-state index contributed by atoms with van der Waals surface area (Å²) in [4.78, 5) is 28.8. The Hall–Kier alpha value is -2.93. The van der Waals surface area contributed by atoms with Crippen LogP contribution in [0.4, 0.5) is 5.13 Å². The van der Waals surface area contributed by atoms with Gasteiger partial charge in [0.05, 0.1) is 17.5 Å². The zero-order valence-electron chi connectivity index (χ0n) is 16.3. The molecule has 0 saturated carbocycles. The molecule has 0 bridgehead atoms. The molecular formula is C21H23N3O3S. The predicted molar refractivity (Wildman–Crippen MR) is 111 cm³/mol. The SMILES string of the molecule is CC(NC(=O)c1ccoc1)C(=O)Nc1nc(-c2ccc(C(C)(C)C)cc2)cs1. The van der Waals surface area contributed by atoms with Gasteiger partial charge < -0.3 is 15.1 Å². The third kappa shape index (κ3) is 4.67. The fourth-order valence-corrected chi connectivity index (χ4v) is 3.28. The first-order chi connectivity index (χ1) is 13.2. The number of hydrogen-bond acceptors (Lipinski definition) is 5. The van der Waals surface area contributed by atoms with Gasteiger partial charge in [-0.3, -0.25) is 9.59 Å². The molecule has 2 amide bonds. The topological polar surface area (TPSA) is 84.2 Å². The van der Waals surface area contributed by atoms with Crippen LogP contribution in [0.2, 0.25) is 0 Å². The number of carbonyl (C=O) groups is 2. The number of nitrogens with one attached hydrogen (secondary N) is 2. The molecule has 28 heavy (non-hydrogen) atoms. The van der Waals surface area contributed by atoms with Crippen LogP contribution in [-0.2, 0) is 10.2 Å². The van der Waals surface area contributed by atoms with Crippen LogP contribution in [-0.4, -0.2) is 22.8 Å². The van der Waals surface area contributed by atoms with Crippen molar-refractivity contribution in [3.8, 4) is 11.3 Å². The largest absolute Gasteiger partial charge is 0.472 e. The Morgan fingerprint density at radius 3 is 2.46 bits per heavy atom. The van der Waals surface area contributed by atoms with Crippen molar-refractivity contribution in [2.75, 3.05) is 5.32 Å². The van der Waals surface area contributed by atoms with Crippen molar-refractivity contribution in [2.45, 2.75) is 39.2 Å². The van der Waals surface area contributed by atoms with Crippen LogP contribution in [0.5, 0.6) is 0 Å². The number of furan rings is 1. The number of anilines is 1. The zero-order valence-corrected chi connectivity index (χ0v) is 17.1. The highest BCUT2D eigenvalue weighted by molar-refractivity contribution is 7.14. The van der Waals surface area contributed by atoms with Gasteiger partial charge in [0.1, 0.15) is 12.3 Å². The average molecular weight is 398 g/mol. The molecule has 0 fully saturated rings. The average Bonchev–Trinajstić information content (AvgIpc) is 3.33. The fourth-order valence-electron chi connectivity index (χ4n) is 2.56. The Morgan fingerprint density at radius 2 is 1.86 bits per heavy atom. The Balaban J connectivity index is 1.62. The van der Waals surface area contributed by atoms with Crippen molar-refractivity contribution in [1.29, 1.82) is 0 Å². The maximum Gasteiger partial charge on any atom is 0.255 e. The van der Waals surface area contributed by atoms with E-state index in [0.717, 1.165) is 11.3 Å². The minimum absolute atomic E-state index is 0.0940. The molecule has 3 rings (SSSR count). The van der Waals surface area contributed by atoms with Crippen LogP contribution in [0.15, 0.2) is 52.7 Å². The van der Waals surface area contributed by atoms with Crippen molar-refractivity contribution < 1.29 is 14.0 Å². The lowest BCUT2D eigenvalue weighted by atomic mass is 9.86. The monoisotopic (exact) mass is 397 g/mol. The lowest BCUT2D eigenvalue weighted by Gasteiger charge is -2.18. The molecule has 0 aliphatic rings. The van der Waals surface area contributed by atoms with Crippen molar-refractivity contribution in [2.24, 2.45) is 0 Å². The van der Waals surface area contributed by atoms with Crippen molar-refractivity contribution in [3.63, 3.8) is 0 Å². The Morgan fingerprint density at radius 1 is 1.14 bits per heavy atom. The molecule has 3 aromatic rings. The molecule has 6 nitrogen and oxygen atoms in total. The second-order valence-corrected chi connectivity index (χ2v) is 8.42. The van der Waals surface area contributed by atoms with Gasteiger partial charge in [-0.05, 0) is 24.0 Å². The summed E-state index contributed by atoms with van der Waals surface area (Å²) in [7, 11) is 0. The number of amides is 2. The van der Waals surface area contributed by atoms with Crippen molar-refractivity contribution >= 4 is 28.3 Å². The van der Waals surface area contributed by atoms with Gasteiger partial charge in [-0.15, -0.1) is 11.3 Å². The molecule has 2 N–H and O–H groups in total. The number of thiazole rings is 1. The maximum atomic E-state index is 12.3. The van der Waals surface area contributed by atoms with E-state index in [4.69, 9.17) is 4.42 Å². The van der Waals surface area contributed by atoms with Crippen molar-refractivity contribution in [3.05, 3.63) is 59.4 Å². The molecule has 0 saturated heterocycles. The molecule has 1 aromatic carbocycles. The first-order valence-corrected chi connectivity index (χ1v) is 9.82. The minimum atomic E-state index is -0.708. The highest BCUT2D eigenvalue weighted by Crippen LogP contribution is 2.28. The van der Waals surface area contributed by atoms with E-state index in [1.54, 1.807) is 6.92 Å². The van der Waals surface area contributed by atoms with E-state index < -0.39 is 6.04 Å². The summed E-state index contributed by atoms with van der Waals surface area (Å²) >= 11 is 1.35. The van der Waals surface area contributed by atoms with Crippen LogP contribution in [0.1, 0.15) is 43.6 Å². The maximum absolute atomic E-state index is 12.3. The molecule has 2 aromatic heterocycles. The minimum Gasteiger partial charge on any atom is -0.472 e. The van der Waals surface area contributed by atoms with Crippen molar-refractivity contribution in [1.82, 2.24) is 10.3 Å². The number of rotatable bonds is 5. The third-order valence-corrected chi connectivity index (χ3v) is 5.06. The van der Waals surface area contributed by atoms with Gasteiger partial charge >= 0.3 is 0 Å². The summed E-state index contributed by atoms with van der Waals surface area (Å²) in [6, 6.07) is 9.10. The van der Waals surface area contributed by atoms with Gasteiger partial charge in [0, 0.05) is 10.9 Å². The quantitative estimate of drug-likeness (QED) is 0.666. The van der Waals surface area contributed by atoms with Gasteiger partial charge in [-0.1, -0.05) is 45.0 Å². The molecule has 7 heteroatoms. The molecular weight excluding hydrogens is 374 g/mol. The molecule has 0 spiro atoms. The van der Waals surface area contributed by atoms with E-state index in [2.05, 4.69) is 48.5 Å². The molecule has 0 aliphatic carbocycles. The van der Waals surface area contributed by atoms with Crippen LogP contribution in [0.3, 0.4) is 0 Å². The first kappa shape index (κ1) is 19.8. The van der Waals surface area contributed by atoms with E-state index in [9.17, 15) is 9.59 Å². The summed E-state index contributed by atoms with van der Waals surface area (Å²) in [6.45, 7) is 8.13. The van der Waals surface area contributed by atoms with Gasteiger partial charge in [0.2, 0.25) is 5.91 Å². The van der Waals surface area contributed by atoms with E-state index in [-0.39, 0.29) is 17.2 Å². The third-order valence-electron chi connectivity index (χ3n) is 4.31. The molecule has 2 heterocycles. The van der Waals surface area contributed by atoms with Gasteiger partial charge in [-0.2, -0.15) is 0 Å². The normalized spacial score (nSPS) is 12.4. The van der Waals surface area contributed by atoms with Crippen LogP contribution in [0, 0.1) is 0 Å². The fraction of sp³-hybridized carbons (Fsp3) is 0.286. The van der Waals surface area contributed by atoms with Gasteiger partial charge in [0.25, 0.3) is 5.91 Å². The molecule has 146 valence electrons. The molecule has 1 unspecified atom stereocenters. The predicted octanol–water partition coefficient (Wildman–Crippen LogP) is 4.46. The molecule has 1 atom stereocenters. The van der Waals surface area contributed by atoms with E-state index in [1.165, 1.54) is 35.5 Å². The lowest BCUT2D eigenvalue weighted by molar-refractivity contribution is -0.117. The standard InChI is InChI=1S/C21H23N3O3S/c1-13(22-19(26)15-9-10-27-11-15)18(25)24-20-23-17(12-28-20)14-5-7-16(8-6-14)21(2,3)4/h5-13H,1-4H3,(H,22,26)(H,23,24,25). The van der Waals surface area contributed by atoms with Crippen LogP contribution < -0.4 is 10.6 Å². The molecule has 0 aliphatic heterocycles. The second-order valence-electron chi connectivity index (χ2n) is 7.56. The zero-order chi connectivity index (χ0) is 20.3. The Labute approximate surface area is 168 Å². The first-order valence-electron chi connectivity index (χ1n) is 8.94. The second kappa shape index (κ2) is 7.98. The highest BCUT2D eigenvalue weighted by Gasteiger charge is 2.19. The number of hydrogen-bond donors (Lipinski definition) is 2. The Kier molecular flexibility index (Phi) is 5.65. The summed E-state index contributed by atoms with van der Waals surface area (Å²) in [5.74, 6) is -0.698. The van der Waals surface area contributed by atoms with Crippen LogP contribution in [0.25, 0.3) is 11.3 Å². The number of carbonyl (C=O) groups excluding carboxylic acids is 2.